The van der Waals surface area contributed by atoms with Gasteiger partial charge in [0.15, 0.2) is 5.71 Å². The van der Waals surface area contributed by atoms with Crippen LogP contribution in [0, 0.1) is 0 Å². The van der Waals surface area contributed by atoms with Crippen molar-refractivity contribution in [3.05, 3.63) is 23.8 Å². The highest BCUT2D eigenvalue weighted by atomic mass is 16.5. The van der Waals surface area contributed by atoms with Crippen molar-refractivity contribution < 1.29 is 14.1 Å². The second-order valence-electron chi connectivity index (χ2n) is 5.15. The van der Waals surface area contributed by atoms with Gasteiger partial charge in [-0.2, -0.15) is 4.58 Å². The molecule has 1 aliphatic heterocycles. The molecule has 96 valence electrons. The zero-order chi connectivity index (χ0) is 13.5. The first-order valence-corrected chi connectivity index (χ1v) is 5.96. The van der Waals surface area contributed by atoms with Crippen LogP contribution in [0.2, 0.25) is 0 Å². The topological polar surface area (TPSA) is 55.3 Å². The zero-order valence-corrected chi connectivity index (χ0v) is 11.3. The smallest absolute Gasteiger partial charge is 0.283 e. The largest absolute Gasteiger partial charge is 0.497 e. The van der Waals surface area contributed by atoms with E-state index in [9.17, 15) is 4.79 Å². The number of benzene rings is 1. The fraction of sp³-hybridized carbons (Fsp3) is 0.429. The third-order valence-corrected chi connectivity index (χ3v) is 3.79. The molecule has 2 N–H and O–H groups in total. The fourth-order valence-corrected chi connectivity index (χ4v) is 2.45. The third-order valence-electron chi connectivity index (χ3n) is 3.79. The highest BCUT2D eigenvalue weighted by Gasteiger charge is 2.43. The van der Waals surface area contributed by atoms with Crippen LogP contribution in [0.25, 0.3) is 0 Å². The maximum Gasteiger partial charge on any atom is 0.283 e. The third kappa shape index (κ3) is 1.78. The number of carbonyl (C=O) groups excluding carboxylic acids is 1. The first-order valence-electron chi connectivity index (χ1n) is 5.96. The minimum absolute atomic E-state index is 0.112. The lowest BCUT2D eigenvalue weighted by Gasteiger charge is -2.15. The molecule has 0 saturated heterocycles. The van der Waals surface area contributed by atoms with E-state index in [1.54, 1.807) is 7.11 Å². The minimum atomic E-state index is -0.325. The van der Waals surface area contributed by atoms with E-state index in [4.69, 9.17) is 10.5 Å². The van der Waals surface area contributed by atoms with Crippen molar-refractivity contribution in [3.8, 4) is 5.75 Å². The minimum Gasteiger partial charge on any atom is -0.497 e. The molecule has 1 aromatic carbocycles. The summed E-state index contributed by atoms with van der Waals surface area (Å²) < 4.78 is 7.25. The van der Waals surface area contributed by atoms with Gasteiger partial charge >= 0.3 is 0 Å². The predicted octanol–water partition coefficient (Wildman–Crippen LogP) is 1.58. The van der Waals surface area contributed by atoms with E-state index < -0.39 is 0 Å². The molecule has 0 unspecified atom stereocenters. The van der Waals surface area contributed by atoms with Crippen LogP contribution in [-0.2, 0) is 10.2 Å². The van der Waals surface area contributed by atoms with Gasteiger partial charge in [0.1, 0.15) is 5.75 Å². The van der Waals surface area contributed by atoms with Gasteiger partial charge in [-0.25, -0.2) is 0 Å². The van der Waals surface area contributed by atoms with Crippen molar-refractivity contribution in [1.29, 1.82) is 0 Å². The van der Waals surface area contributed by atoms with Gasteiger partial charge in [0.25, 0.3) is 5.91 Å². The van der Waals surface area contributed by atoms with Crippen LogP contribution in [0.3, 0.4) is 0 Å². The summed E-state index contributed by atoms with van der Waals surface area (Å²) in [5, 5.41) is 0. The maximum absolute atomic E-state index is 11.2. The highest BCUT2D eigenvalue weighted by Crippen LogP contribution is 2.41. The molecule has 2 rings (SSSR count). The Hall–Kier alpha value is -1.84. The lowest BCUT2D eigenvalue weighted by atomic mass is 9.82. The lowest BCUT2D eigenvalue weighted by molar-refractivity contribution is -0.426. The molecule has 0 bridgehead atoms. The van der Waals surface area contributed by atoms with E-state index in [0.717, 1.165) is 17.1 Å². The van der Waals surface area contributed by atoms with E-state index in [2.05, 4.69) is 13.8 Å². The van der Waals surface area contributed by atoms with E-state index >= 15 is 0 Å². The lowest BCUT2D eigenvalue weighted by Crippen LogP contribution is -2.30. The summed E-state index contributed by atoms with van der Waals surface area (Å²) in [5.74, 6) is 0.504. The van der Waals surface area contributed by atoms with E-state index in [1.807, 2.05) is 29.7 Å². The van der Waals surface area contributed by atoms with Crippen molar-refractivity contribution in [2.45, 2.75) is 26.2 Å². The molecular formula is C14H19N2O2+. The second-order valence-corrected chi connectivity index (χ2v) is 5.15. The molecule has 18 heavy (non-hydrogen) atoms. The van der Waals surface area contributed by atoms with Gasteiger partial charge in [0.05, 0.1) is 12.5 Å². The number of amides is 1. The normalized spacial score (nSPS) is 16.7. The monoisotopic (exact) mass is 247 g/mol. The molecule has 1 aromatic rings. The molecule has 0 atom stereocenters. The molecule has 4 heteroatoms. The molecule has 1 amide bonds. The zero-order valence-electron chi connectivity index (χ0n) is 11.3. The van der Waals surface area contributed by atoms with Crippen LogP contribution in [0.15, 0.2) is 18.2 Å². The predicted molar refractivity (Wildman–Crippen MR) is 70.7 cm³/mol. The van der Waals surface area contributed by atoms with Crippen LogP contribution in [0.5, 0.6) is 5.75 Å². The number of carbonyl (C=O) groups is 1. The SMILES string of the molecule is COc1ccc2c(c1)C(C)(C)C(C)=[N+]2CC(N)=O. The molecule has 0 fully saturated rings. The second kappa shape index (κ2) is 4.12. The Kier molecular flexibility index (Phi) is 2.89. The average Bonchev–Trinajstić information content (AvgIpc) is 2.50. The molecule has 0 aromatic heterocycles. The summed E-state index contributed by atoms with van der Waals surface area (Å²) in [5.41, 5.74) is 8.54. The standard InChI is InChI=1S/C14H18N2O2/c1-9-14(2,3)11-7-10(18-4)5-6-12(11)16(9)8-13(15)17/h5-7H,8H2,1-4H3,(H-,15,17)/p+1. The van der Waals surface area contributed by atoms with Crippen molar-refractivity contribution in [1.82, 2.24) is 0 Å². The van der Waals surface area contributed by atoms with Crippen molar-refractivity contribution >= 4 is 17.3 Å². The van der Waals surface area contributed by atoms with Crippen molar-refractivity contribution in [2.24, 2.45) is 5.73 Å². The molecule has 0 radical (unpaired) electrons. The van der Waals surface area contributed by atoms with Crippen LogP contribution in [0.1, 0.15) is 26.3 Å². The van der Waals surface area contributed by atoms with Gasteiger partial charge in [0.2, 0.25) is 12.2 Å². The summed E-state index contributed by atoms with van der Waals surface area (Å²) in [6.45, 7) is 6.53. The number of hydrogen-bond acceptors (Lipinski definition) is 2. The Morgan fingerprint density at radius 2 is 2.11 bits per heavy atom. The van der Waals surface area contributed by atoms with Gasteiger partial charge in [0, 0.05) is 18.6 Å². The summed E-state index contributed by atoms with van der Waals surface area (Å²) in [7, 11) is 1.65. The molecule has 1 heterocycles. The van der Waals surface area contributed by atoms with Gasteiger partial charge in [-0.05, 0) is 26.0 Å². The molecule has 0 saturated carbocycles. The Morgan fingerprint density at radius 3 is 2.67 bits per heavy atom. The maximum atomic E-state index is 11.2. The number of ether oxygens (including phenoxy) is 1. The Labute approximate surface area is 107 Å². The number of rotatable bonds is 3. The first-order chi connectivity index (χ1) is 8.37. The van der Waals surface area contributed by atoms with E-state index in [-0.39, 0.29) is 17.9 Å². The van der Waals surface area contributed by atoms with Crippen LogP contribution < -0.4 is 10.5 Å². The summed E-state index contributed by atoms with van der Waals surface area (Å²) in [6, 6.07) is 5.91. The highest BCUT2D eigenvalue weighted by molar-refractivity contribution is 5.94. The molecule has 1 aliphatic rings. The average molecular weight is 247 g/mol. The number of nitrogens with zero attached hydrogens (tertiary/aromatic N) is 1. The number of hydrogen-bond donors (Lipinski definition) is 1. The van der Waals surface area contributed by atoms with Crippen LogP contribution >= 0.6 is 0 Å². The van der Waals surface area contributed by atoms with E-state index in [0.29, 0.717) is 0 Å². The quantitative estimate of drug-likeness (QED) is 0.824. The number of methoxy groups -OCH3 is 1. The molecule has 4 nitrogen and oxygen atoms in total. The van der Waals surface area contributed by atoms with Gasteiger partial charge < -0.3 is 10.5 Å². The first kappa shape index (κ1) is 12.6. The number of fused-ring (bicyclic) bond motifs is 1. The van der Waals surface area contributed by atoms with Crippen molar-refractivity contribution in [3.63, 3.8) is 0 Å². The van der Waals surface area contributed by atoms with Crippen molar-refractivity contribution in [2.75, 3.05) is 13.7 Å². The van der Waals surface area contributed by atoms with E-state index in [1.165, 1.54) is 5.56 Å². The molecular weight excluding hydrogens is 228 g/mol. The number of primary amides is 1. The fourth-order valence-electron chi connectivity index (χ4n) is 2.45. The van der Waals surface area contributed by atoms with Gasteiger partial charge in [-0.3, -0.25) is 4.79 Å². The molecule has 0 spiro atoms. The van der Waals surface area contributed by atoms with Crippen LogP contribution in [-0.4, -0.2) is 29.8 Å². The van der Waals surface area contributed by atoms with Crippen LogP contribution in [0.4, 0.5) is 5.69 Å². The summed E-state index contributed by atoms with van der Waals surface area (Å²) in [6.07, 6.45) is 0. The number of nitrogens with two attached hydrogens (primary N) is 1. The molecule has 0 aliphatic carbocycles. The Morgan fingerprint density at radius 1 is 1.44 bits per heavy atom. The summed E-state index contributed by atoms with van der Waals surface area (Å²) >= 11 is 0. The van der Waals surface area contributed by atoms with Gasteiger partial charge in [-0.1, -0.05) is 0 Å². The van der Waals surface area contributed by atoms with Gasteiger partial charge in [-0.15, -0.1) is 0 Å². The Balaban J connectivity index is 2.58. The summed E-state index contributed by atoms with van der Waals surface area (Å²) in [4.78, 5) is 11.2. The Bertz CT molecular complexity index is 545.